The van der Waals surface area contributed by atoms with Gasteiger partial charge >= 0.3 is 19.8 Å². The molecule has 4 N–H and O–H groups in total. The number of phosphoric acid groups is 1. The molecule has 0 saturated heterocycles. The average molecular weight is 624 g/mol. The summed E-state index contributed by atoms with van der Waals surface area (Å²) in [6.45, 7) is 3.84. The average Bonchev–Trinajstić information content (AvgIpc) is 2.96. The van der Waals surface area contributed by atoms with Crippen molar-refractivity contribution < 1.29 is 42.7 Å². The second-order valence-corrected chi connectivity index (χ2v) is 12.8. The third-order valence-electron chi connectivity index (χ3n) is 7.14. The van der Waals surface area contributed by atoms with Crippen LogP contribution in [0.4, 0.5) is 0 Å². The minimum absolute atomic E-state index is 0.0235. The molecule has 0 saturated carbocycles. The van der Waals surface area contributed by atoms with Gasteiger partial charge in [0.2, 0.25) is 0 Å². The van der Waals surface area contributed by atoms with Crippen LogP contribution in [0.5, 0.6) is 0 Å². The summed E-state index contributed by atoms with van der Waals surface area (Å²) in [5, 5.41) is 8.82. The van der Waals surface area contributed by atoms with E-state index in [1.54, 1.807) is 0 Å². The van der Waals surface area contributed by atoms with Gasteiger partial charge in [-0.2, -0.15) is 0 Å². The van der Waals surface area contributed by atoms with Crippen molar-refractivity contribution in [2.75, 3.05) is 26.4 Å². The summed E-state index contributed by atoms with van der Waals surface area (Å²) in [6, 6.07) is -1.46. The lowest BCUT2D eigenvalue weighted by atomic mass is 10.1. The summed E-state index contributed by atoms with van der Waals surface area (Å²) in [5.41, 5.74) is 5.31. The summed E-state index contributed by atoms with van der Waals surface area (Å²) in [4.78, 5) is 33.2. The summed E-state index contributed by atoms with van der Waals surface area (Å²) >= 11 is 0. The van der Waals surface area contributed by atoms with Crippen molar-refractivity contribution in [3.05, 3.63) is 0 Å². The van der Waals surface area contributed by atoms with Crippen LogP contribution in [0.3, 0.4) is 0 Å². The molecular formula is C31H62NO9P. The number of rotatable bonds is 32. The van der Waals surface area contributed by atoms with E-state index in [2.05, 4.69) is 18.4 Å². The van der Waals surface area contributed by atoms with Crippen molar-refractivity contribution in [2.24, 2.45) is 5.73 Å². The number of unbranched alkanes of at least 4 members (excludes halogenated alkanes) is 18. The number of carbonyl (C=O) groups is 2. The quantitative estimate of drug-likeness (QED) is 0.0386. The van der Waals surface area contributed by atoms with Crippen LogP contribution in [0.1, 0.15) is 149 Å². The van der Waals surface area contributed by atoms with Crippen molar-refractivity contribution in [1.29, 1.82) is 0 Å². The third kappa shape index (κ3) is 27.8. The van der Waals surface area contributed by atoms with Gasteiger partial charge < -0.3 is 25.2 Å². The fraction of sp³-hybridized carbons (Fsp3) is 0.935. The van der Waals surface area contributed by atoms with E-state index in [-0.39, 0.29) is 13.0 Å². The minimum atomic E-state index is -4.59. The molecule has 0 aromatic rings. The molecular weight excluding hydrogens is 561 g/mol. The van der Waals surface area contributed by atoms with Crippen molar-refractivity contribution in [2.45, 2.75) is 161 Å². The largest absolute Gasteiger partial charge is 0.480 e. The molecule has 250 valence electrons. The summed E-state index contributed by atoms with van der Waals surface area (Å²) in [5.74, 6) is -1.78. The van der Waals surface area contributed by atoms with Crippen molar-refractivity contribution >= 4 is 19.8 Å². The molecule has 0 radical (unpaired) electrons. The Bertz CT molecular complexity index is 695. The van der Waals surface area contributed by atoms with Crippen LogP contribution in [-0.4, -0.2) is 60.5 Å². The van der Waals surface area contributed by atoms with E-state index in [4.69, 9.17) is 24.8 Å². The van der Waals surface area contributed by atoms with Crippen LogP contribution in [0.25, 0.3) is 0 Å². The molecule has 0 aliphatic carbocycles. The van der Waals surface area contributed by atoms with E-state index >= 15 is 0 Å². The number of ether oxygens (including phenoxy) is 2. The Kier molecular flexibility index (Phi) is 28.0. The van der Waals surface area contributed by atoms with Gasteiger partial charge in [0.1, 0.15) is 12.1 Å². The third-order valence-corrected chi connectivity index (χ3v) is 8.09. The van der Waals surface area contributed by atoms with E-state index in [0.29, 0.717) is 6.61 Å². The molecule has 11 heteroatoms. The molecule has 0 heterocycles. The van der Waals surface area contributed by atoms with Crippen molar-refractivity contribution in [3.63, 3.8) is 0 Å². The number of hydrogen-bond acceptors (Lipinski definition) is 8. The Hall–Kier alpha value is -1.03. The normalized spacial score (nSPS) is 14.4. The highest BCUT2D eigenvalue weighted by Gasteiger charge is 2.27. The first kappa shape index (κ1) is 41.0. The van der Waals surface area contributed by atoms with Gasteiger partial charge in [-0.3, -0.25) is 18.6 Å². The van der Waals surface area contributed by atoms with Gasteiger partial charge in [-0.25, -0.2) is 4.57 Å². The zero-order valence-corrected chi connectivity index (χ0v) is 27.5. The van der Waals surface area contributed by atoms with E-state index in [1.165, 1.54) is 89.9 Å². The van der Waals surface area contributed by atoms with Crippen LogP contribution in [0, 0.1) is 0 Å². The van der Waals surface area contributed by atoms with Crippen molar-refractivity contribution in [3.8, 4) is 0 Å². The van der Waals surface area contributed by atoms with Crippen LogP contribution < -0.4 is 5.73 Å². The summed E-state index contributed by atoms with van der Waals surface area (Å²) < 4.78 is 33.0. The van der Waals surface area contributed by atoms with Gasteiger partial charge in [0.25, 0.3) is 0 Å². The minimum Gasteiger partial charge on any atom is -0.480 e. The molecule has 0 amide bonds. The molecule has 0 rings (SSSR count). The Labute approximate surface area is 255 Å². The van der Waals surface area contributed by atoms with E-state index in [9.17, 15) is 19.0 Å². The van der Waals surface area contributed by atoms with E-state index in [1.807, 2.05) is 0 Å². The number of phosphoric ester groups is 1. The number of nitrogens with two attached hydrogens (primary N) is 1. The first-order valence-corrected chi connectivity index (χ1v) is 18.1. The number of carboxylic acids is 1. The van der Waals surface area contributed by atoms with E-state index in [0.717, 1.165) is 38.5 Å². The monoisotopic (exact) mass is 623 g/mol. The molecule has 0 aliphatic rings. The first-order valence-electron chi connectivity index (χ1n) is 16.6. The first-order chi connectivity index (χ1) is 20.2. The molecule has 0 aliphatic heterocycles. The van der Waals surface area contributed by atoms with Crippen molar-refractivity contribution in [1.82, 2.24) is 0 Å². The number of aliphatic carboxylic acids is 1. The maximum absolute atomic E-state index is 12.5. The molecule has 42 heavy (non-hydrogen) atoms. The predicted octanol–water partition coefficient (Wildman–Crippen LogP) is 7.69. The second kappa shape index (κ2) is 28.7. The van der Waals surface area contributed by atoms with Gasteiger partial charge in [0.15, 0.2) is 0 Å². The number of hydrogen-bond donors (Lipinski definition) is 3. The lowest BCUT2D eigenvalue weighted by molar-refractivity contribution is -0.154. The molecule has 0 aromatic heterocycles. The Morgan fingerprint density at radius 1 is 0.667 bits per heavy atom. The maximum atomic E-state index is 12.5. The van der Waals surface area contributed by atoms with Gasteiger partial charge in [-0.05, 0) is 12.8 Å². The summed E-state index contributed by atoms with van der Waals surface area (Å²) in [7, 11) is -4.59. The highest BCUT2D eigenvalue weighted by Crippen LogP contribution is 2.43. The van der Waals surface area contributed by atoms with Crippen LogP contribution in [-0.2, 0) is 32.7 Å². The molecule has 3 atom stereocenters. The SMILES string of the molecule is CCCCCCCCCCCCCC(=O)OC(COCCCCCCCCCCC)COP(=O)(O)OCC(N)C(=O)O. The standard InChI is InChI=1S/C31H62NO9P/c1-3-5-7-9-11-13-14-15-17-19-21-23-30(33)41-28(26-39-42(36,37)40-27-29(32)31(34)35)25-38-24-22-20-18-16-12-10-8-6-4-2/h28-29H,3-27,32H2,1-2H3,(H,34,35)(H,36,37). The predicted molar refractivity (Wildman–Crippen MR) is 166 cm³/mol. The smallest absolute Gasteiger partial charge is 0.472 e. The fourth-order valence-electron chi connectivity index (χ4n) is 4.48. The van der Waals surface area contributed by atoms with Gasteiger partial charge in [-0.1, -0.05) is 129 Å². The van der Waals surface area contributed by atoms with Crippen LogP contribution >= 0.6 is 7.82 Å². The number of carboxylic acid groups (broad SMARTS) is 1. The summed E-state index contributed by atoms with van der Waals surface area (Å²) in [6.07, 6.45) is 23.0. The van der Waals surface area contributed by atoms with Gasteiger partial charge in [0.05, 0.1) is 19.8 Å². The Balaban J connectivity index is 4.36. The zero-order chi connectivity index (χ0) is 31.3. The fourth-order valence-corrected chi connectivity index (χ4v) is 5.26. The molecule has 0 fully saturated rings. The zero-order valence-electron chi connectivity index (χ0n) is 26.6. The topological polar surface area (TPSA) is 155 Å². The van der Waals surface area contributed by atoms with Gasteiger partial charge in [0, 0.05) is 13.0 Å². The number of carbonyl (C=O) groups excluding carboxylic acids is 1. The maximum Gasteiger partial charge on any atom is 0.472 e. The Morgan fingerprint density at radius 2 is 1.10 bits per heavy atom. The molecule has 0 spiro atoms. The highest BCUT2D eigenvalue weighted by molar-refractivity contribution is 7.47. The highest BCUT2D eigenvalue weighted by atomic mass is 31.2. The molecule has 3 unspecified atom stereocenters. The molecule has 10 nitrogen and oxygen atoms in total. The Morgan fingerprint density at radius 3 is 1.57 bits per heavy atom. The van der Waals surface area contributed by atoms with Gasteiger partial charge in [-0.15, -0.1) is 0 Å². The second-order valence-electron chi connectivity index (χ2n) is 11.3. The number of esters is 1. The molecule has 0 bridgehead atoms. The molecule has 0 aromatic carbocycles. The lowest BCUT2D eigenvalue weighted by Gasteiger charge is -2.20. The van der Waals surface area contributed by atoms with E-state index < -0.39 is 45.1 Å². The van der Waals surface area contributed by atoms with Crippen LogP contribution in [0.15, 0.2) is 0 Å². The lowest BCUT2D eigenvalue weighted by Crippen LogP contribution is -2.34. The van der Waals surface area contributed by atoms with Crippen LogP contribution in [0.2, 0.25) is 0 Å².